The first-order chi connectivity index (χ1) is 13.9. The number of nitrogens with one attached hydrogen (secondary N) is 2. The third kappa shape index (κ3) is 6.02. The number of hydrogen-bond donors (Lipinski definition) is 2. The number of benzene rings is 1. The molecule has 0 aliphatic rings. The second-order valence-electron chi connectivity index (χ2n) is 6.90. The summed E-state index contributed by atoms with van der Waals surface area (Å²) in [7, 11) is 0. The highest BCUT2D eigenvalue weighted by molar-refractivity contribution is 6.30. The van der Waals surface area contributed by atoms with Crippen molar-refractivity contribution in [3.63, 3.8) is 0 Å². The molecule has 0 aliphatic carbocycles. The zero-order valence-electron chi connectivity index (χ0n) is 16.9. The second-order valence-corrected chi connectivity index (χ2v) is 7.34. The standard InChI is InChI=1S/C21H25ClN6O/c1-14-11-15(2)28(27-14)20-13-19(25-16(3)26-20)23-9-10-24-21(29)8-7-17-5-4-6-18(22)12-17/h4-6,11-13H,7-10H2,1-3H3,(H,24,29)(H,23,25,26). The Labute approximate surface area is 175 Å². The Kier molecular flexibility index (Phi) is 6.82. The summed E-state index contributed by atoms with van der Waals surface area (Å²) in [6.45, 7) is 6.86. The minimum Gasteiger partial charge on any atom is -0.368 e. The Hall–Kier alpha value is -2.93. The first-order valence-corrected chi connectivity index (χ1v) is 9.93. The highest BCUT2D eigenvalue weighted by Gasteiger charge is 2.08. The van der Waals surface area contributed by atoms with Gasteiger partial charge in [-0.25, -0.2) is 14.6 Å². The molecule has 0 atom stereocenters. The van der Waals surface area contributed by atoms with E-state index in [-0.39, 0.29) is 5.91 Å². The third-order valence-electron chi connectivity index (χ3n) is 4.33. The molecular formula is C21H25ClN6O. The van der Waals surface area contributed by atoms with Crippen molar-refractivity contribution in [1.82, 2.24) is 25.1 Å². The van der Waals surface area contributed by atoms with E-state index in [4.69, 9.17) is 11.6 Å². The van der Waals surface area contributed by atoms with Crippen LogP contribution in [0.3, 0.4) is 0 Å². The van der Waals surface area contributed by atoms with Gasteiger partial charge in [0, 0.05) is 36.3 Å². The second kappa shape index (κ2) is 9.52. The van der Waals surface area contributed by atoms with Crippen molar-refractivity contribution in [3.05, 3.63) is 64.2 Å². The van der Waals surface area contributed by atoms with Gasteiger partial charge in [-0.3, -0.25) is 4.79 Å². The van der Waals surface area contributed by atoms with E-state index >= 15 is 0 Å². The van der Waals surface area contributed by atoms with E-state index in [0.717, 1.165) is 22.8 Å². The average molecular weight is 413 g/mol. The Bertz CT molecular complexity index is 1000. The van der Waals surface area contributed by atoms with Crippen LogP contribution in [0, 0.1) is 20.8 Å². The van der Waals surface area contributed by atoms with Gasteiger partial charge >= 0.3 is 0 Å². The maximum atomic E-state index is 12.0. The molecule has 3 aromatic rings. The van der Waals surface area contributed by atoms with Crippen LogP contribution in [-0.2, 0) is 11.2 Å². The quantitative estimate of drug-likeness (QED) is 0.554. The molecule has 7 nitrogen and oxygen atoms in total. The van der Waals surface area contributed by atoms with E-state index < -0.39 is 0 Å². The molecule has 0 radical (unpaired) electrons. The van der Waals surface area contributed by atoms with Crippen molar-refractivity contribution in [3.8, 4) is 5.82 Å². The highest BCUT2D eigenvalue weighted by atomic mass is 35.5. The lowest BCUT2D eigenvalue weighted by molar-refractivity contribution is -0.120. The molecular weight excluding hydrogens is 388 g/mol. The number of anilines is 1. The molecule has 8 heteroatoms. The van der Waals surface area contributed by atoms with E-state index in [1.54, 1.807) is 4.68 Å². The van der Waals surface area contributed by atoms with Crippen LogP contribution in [0.25, 0.3) is 5.82 Å². The fraction of sp³-hybridized carbons (Fsp3) is 0.333. The molecule has 0 bridgehead atoms. The summed E-state index contributed by atoms with van der Waals surface area (Å²) >= 11 is 5.97. The molecule has 0 unspecified atom stereocenters. The molecule has 29 heavy (non-hydrogen) atoms. The first-order valence-electron chi connectivity index (χ1n) is 9.55. The third-order valence-corrected chi connectivity index (χ3v) is 4.57. The molecule has 0 saturated carbocycles. The Morgan fingerprint density at radius 3 is 2.66 bits per heavy atom. The number of aryl methyl sites for hydroxylation is 4. The summed E-state index contributed by atoms with van der Waals surface area (Å²) in [6.07, 6.45) is 1.09. The van der Waals surface area contributed by atoms with Crippen LogP contribution < -0.4 is 10.6 Å². The monoisotopic (exact) mass is 412 g/mol. The van der Waals surface area contributed by atoms with Gasteiger partial charge in [0.15, 0.2) is 5.82 Å². The minimum absolute atomic E-state index is 0.00831. The van der Waals surface area contributed by atoms with Crippen molar-refractivity contribution in [2.24, 2.45) is 0 Å². The molecule has 3 rings (SSSR count). The van der Waals surface area contributed by atoms with Crippen LogP contribution in [0.2, 0.25) is 5.02 Å². The van der Waals surface area contributed by atoms with E-state index in [1.807, 2.05) is 57.2 Å². The van der Waals surface area contributed by atoms with Crippen LogP contribution >= 0.6 is 11.6 Å². The van der Waals surface area contributed by atoms with Crippen LogP contribution in [0.15, 0.2) is 36.4 Å². The van der Waals surface area contributed by atoms with E-state index in [2.05, 4.69) is 25.7 Å². The lowest BCUT2D eigenvalue weighted by Gasteiger charge is -2.10. The summed E-state index contributed by atoms with van der Waals surface area (Å²) in [5, 5.41) is 11.3. The van der Waals surface area contributed by atoms with Gasteiger partial charge in [-0.15, -0.1) is 0 Å². The summed E-state index contributed by atoms with van der Waals surface area (Å²) in [4.78, 5) is 20.9. The largest absolute Gasteiger partial charge is 0.368 e. The number of hydrogen-bond acceptors (Lipinski definition) is 5. The van der Waals surface area contributed by atoms with Gasteiger partial charge in [0.05, 0.1) is 5.69 Å². The fourth-order valence-corrected chi connectivity index (χ4v) is 3.26. The lowest BCUT2D eigenvalue weighted by atomic mass is 10.1. The predicted molar refractivity (Wildman–Crippen MR) is 115 cm³/mol. The van der Waals surface area contributed by atoms with Gasteiger partial charge in [-0.2, -0.15) is 5.10 Å². The SMILES string of the molecule is Cc1cc(C)n(-c2cc(NCCNC(=O)CCc3cccc(Cl)c3)nc(C)n2)n1. The molecule has 0 saturated heterocycles. The Morgan fingerprint density at radius 2 is 1.93 bits per heavy atom. The molecule has 2 heterocycles. The average Bonchev–Trinajstić information content (AvgIpc) is 3.01. The number of amides is 1. The normalized spacial score (nSPS) is 10.8. The van der Waals surface area contributed by atoms with Gasteiger partial charge in [0.1, 0.15) is 11.6 Å². The van der Waals surface area contributed by atoms with Gasteiger partial charge in [0.2, 0.25) is 5.91 Å². The fourth-order valence-electron chi connectivity index (χ4n) is 3.04. The van der Waals surface area contributed by atoms with Gasteiger partial charge in [-0.05, 0) is 51.0 Å². The molecule has 0 fully saturated rings. The summed E-state index contributed by atoms with van der Waals surface area (Å²) < 4.78 is 1.80. The van der Waals surface area contributed by atoms with Crippen molar-refractivity contribution in [1.29, 1.82) is 0 Å². The number of nitrogens with zero attached hydrogens (tertiary/aromatic N) is 4. The van der Waals surface area contributed by atoms with E-state index in [9.17, 15) is 4.79 Å². The van der Waals surface area contributed by atoms with Crippen molar-refractivity contribution in [2.75, 3.05) is 18.4 Å². The highest BCUT2D eigenvalue weighted by Crippen LogP contribution is 2.14. The number of halogens is 1. The number of aromatic nitrogens is 4. The van der Waals surface area contributed by atoms with Crippen LogP contribution in [0.5, 0.6) is 0 Å². The maximum absolute atomic E-state index is 12.0. The smallest absolute Gasteiger partial charge is 0.220 e. The topological polar surface area (TPSA) is 84.7 Å². The molecule has 1 aromatic carbocycles. The number of carbonyl (C=O) groups is 1. The van der Waals surface area contributed by atoms with Gasteiger partial charge in [0.25, 0.3) is 0 Å². The Balaban J connectivity index is 1.48. The molecule has 2 aromatic heterocycles. The van der Waals surface area contributed by atoms with E-state index in [1.165, 1.54) is 0 Å². The molecule has 2 N–H and O–H groups in total. The molecule has 0 spiro atoms. The minimum atomic E-state index is 0.00831. The maximum Gasteiger partial charge on any atom is 0.220 e. The molecule has 152 valence electrons. The summed E-state index contributed by atoms with van der Waals surface area (Å²) in [5.41, 5.74) is 3.01. The number of carbonyl (C=O) groups excluding carboxylic acids is 1. The number of rotatable bonds is 8. The van der Waals surface area contributed by atoms with Gasteiger partial charge in [-0.1, -0.05) is 23.7 Å². The molecule has 1 amide bonds. The summed E-state index contributed by atoms with van der Waals surface area (Å²) in [5.74, 6) is 2.08. The van der Waals surface area contributed by atoms with Crippen LogP contribution in [0.1, 0.15) is 29.2 Å². The van der Waals surface area contributed by atoms with Crippen molar-refractivity contribution >= 4 is 23.3 Å². The van der Waals surface area contributed by atoms with Crippen molar-refractivity contribution in [2.45, 2.75) is 33.6 Å². The Morgan fingerprint density at radius 1 is 1.10 bits per heavy atom. The zero-order chi connectivity index (χ0) is 20.8. The molecule has 0 aliphatic heterocycles. The van der Waals surface area contributed by atoms with Crippen LogP contribution in [0.4, 0.5) is 5.82 Å². The van der Waals surface area contributed by atoms with Gasteiger partial charge < -0.3 is 10.6 Å². The lowest BCUT2D eigenvalue weighted by Crippen LogP contribution is -2.29. The predicted octanol–water partition coefficient (Wildman–Crippen LogP) is 3.40. The van der Waals surface area contributed by atoms with E-state index in [0.29, 0.717) is 42.6 Å². The first kappa shape index (κ1) is 20.8. The summed E-state index contributed by atoms with van der Waals surface area (Å²) in [6, 6.07) is 11.4. The zero-order valence-corrected chi connectivity index (χ0v) is 17.6. The van der Waals surface area contributed by atoms with Crippen LogP contribution in [-0.4, -0.2) is 38.7 Å². The van der Waals surface area contributed by atoms with Crippen molar-refractivity contribution < 1.29 is 4.79 Å².